The third kappa shape index (κ3) is 67.3. The molecule has 0 bridgehead atoms. The summed E-state index contributed by atoms with van der Waals surface area (Å²) >= 11 is 0. The Morgan fingerprint density at radius 2 is 0.727 bits per heavy atom. The molecule has 3 unspecified atom stereocenters. The van der Waals surface area contributed by atoms with Crippen LogP contribution in [0.4, 0.5) is 0 Å². The maximum atomic E-state index is 13.6. The van der Waals surface area contributed by atoms with Gasteiger partial charge in [0.1, 0.15) is 19.3 Å². The summed E-state index contributed by atoms with van der Waals surface area (Å²) in [5.74, 6) is -0.538. The monoisotopic (exact) mass is 1250 g/mol. The lowest BCUT2D eigenvalue weighted by atomic mass is 10.0. The number of amides is 1. The molecule has 0 fully saturated rings. The normalized spacial score (nSPS) is 14.0. The van der Waals surface area contributed by atoms with Crippen molar-refractivity contribution in [1.29, 1.82) is 0 Å². The minimum absolute atomic E-state index is 0.0256. The lowest BCUT2D eigenvalue weighted by Crippen LogP contribution is -2.47. The second-order valence-electron chi connectivity index (χ2n) is 26.1. The topological polar surface area (TPSA) is 114 Å². The fraction of sp³-hybridized carbons (Fsp3) is 0.769. The molecule has 1 amide bonds. The van der Waals surface area contributed by atoms with Crippen molar-refractivity contribution in [3.8, 4) is 0 Å². The minimum atomic E-state index is -4.71. The first kappa shape index (κ1) is 84.9. The van der Waals surface area contributed by atoms with E-state index in [1.807, 2.05) is 33.3 Å². The Morgan fingerprint density at radius 1 is 0.409 bits per heavy atom. The van der Waals surface area contributed by atoms with E-state index in [0.29, 0.717) is 17.4 Å². The third-order valence-corrected chi connectivity index (χ3v) is 17.2. The predicted octanol–water partition coefficient (Wildman–Crippen LogP) is 23.2. The molecule has 0 saturated heterocycles. The number of unbranched alkanes of at least 4 members (excludes halogenated alkanes) is 37. The van der Waals surface area contributed by atoms with E-state index in [9.17, 15) is 19.0 Å². The van der Waals surface area contributed by atoms with Crippen LogP contribution in [0.5, 0.6) is 0 Å². The van der Waals surface area contributed by atoms with Gasteiger partial charge in [0, 0.05) is 12.8 Å². The van der Waals surface area contributed by atoms with Crippen molar-refractivity contribution in [2.45, 2.75) is 348 Å². The number of allylic oxidation sites excluding steroid dienone is 15. The van der Waals surface area contributed by atoms with Crippen LogP contribution in [0, 0.1) is 0 Å². The van der Waals surface area contributed by atoms with Crippen molar-refractivity contribution in [3.63, 3.8) is 0 Å². The summed E-state index contributed by atoms with van der Waals surface area (Å²) in [6, 6.07) is -0.896. The van der Waals surface area contributed by atoms with Gasteiger partial charge in [-0.05, 0) is 109 Å². The first-order valence-electron chi connectivity index (χ1n) is 37.0. The lowest BCUT2D eigenvalue weighted by Gasteiger charge is -2.30. The molecule has 0 aromatic carbocycles. The Bertz CT molecular complexity index is 1830. The Morgan fingerprint density at radius 3 is 1.11 bits per heavy atom. The molecule has 10 heteroatoms. The van der Waals surface area contributed by atoms with E-state index in [0.717, 1.165) is 109 Å². The number of esters is 1. The van der Waals surface area contributed by atoms with Crippen LogP contribution in [-0.2, 0) is 27.9 Å². The van der Waals surface area contributed by atoms with E-state index in [4.69, 9.17) is 13.8 Å². The molecule has 0 aromatic rings. The van der Waals surface area contributed by atoms with Crippen LogP contribution in [0.3, 0.4) is 0 Å². The van der Waals surface area contributed by atoms with Gasteiger partial charge in [-0.1, -0.05) is 311 Å². The van der Waals surface area contributed by atoms with Gasteiger partial charge >= 0.3 is 5.97 Å². The van der Waals surface area contributed by atoms with E-state index < -0.39 is 26.6 Å². The summed E-state index contributed by atoms with van der Waals surface area (Å²) in [5, 5.41) is 3.05. The van der Waals surface area contributed by atoms with E-state index in [1.165, 1.54) is 193 Å². The van der Waals surface area contributed by atoms with Gasteiger partial charge in [0.15, 0.2) is 0 Å². The Hall–Kier alpha value is -3.07. The predicted molar refractivity (Wildman–Crippen MR) is 381 cm³/mol. The zero-order valence-electron chi connectivity index (χ0n) is 58.4. The highest BCUT2D eigenvalue weighted by Crippen LogP contribution is 2.38. The highest BCUT2D eigenvalue weighted by Gasteiger charge is 2.27. The number of ether oxygens (including phenoxy) is 1. The fourth-order valence-electron chi connectivity index (χ4n) is 10.6. The van der Waals surface area contributed by atoms with Crippen molar-refractivity contribution in [1.82, 2.24) is 5.32 Å². The molecule has 0 aliphatic carbocycles. The van der Waals surface area contributed by atoms with Crippen LogP contribution in [-0.4, -0.2) is 69.4 Å². The van der Waals surface area contributed by atoms with Crippen LogP contribution >= 0.6 is 7.82 Å². The molecule has 0 heterocycles. The molecule has 0 rings (SSSR count). The van der Waals surface area contributed by atoms with E-state index in [-0.39, 0.29) is 24.9 Å². The molecule has 3 atom stereocenters. The Kier molecular flexibility index (Phi) is 64.5. The lowest BCUT2D eigenvalue weighted by molar-refractivity contribution is -0.870. The largest absolute Gasteiger partial charge is 0.756 e. The molecule has 0 radical (unpaired) electrons. The van der Waals surface area contributed by atoms with Crippen molar-refractivity contribution in [3.05, 3.63) is 97.2 Å². The Balaban J connectivity index is 5.01. The van der Waals surface area contributed by atoms with Crippen LogP contribution in [0.1, 0.15) is 335 Å². The molecule has 0 aliphatic rings. The first-order valence-corrected chi connectivity index (χ1v) is 38.5. The molecule has 0 saturated carbocycles. The molecule has 9 nitrogen and oxygen atoms in total. The number of hydrogen-bond donors (Lipinski definition) is 1. The van der Waals surface area contributed by atoms with E-state index in [2.05, 4.69) is 111 Å². The summed E-state index contributed by atoms with van der Waals surface area (Å²) in [6.07, 6.45) is 91.0. The number of phosphoric ester groups is 1. The van der Waals surface area contributed by atoms with Crippen molar-refractivity contribution in [2.75, 3.05) is 40.9 Å². The van der Waals surface area contributed by atoms with Gasteiger partial charge in [0.05, 0.1) is 33.8 Å². The SMILES string of the molecule is CC/C=C\C/C=C\C/C=C\C/C=C\C/C=C\CCCCCCCCCCCCCC(=O)NC(COP(=O)([O-])OCC[N+](C)(C)C)C(/C=C\CCCCCCCCCCCC)OC(=O)CCCCCCCCCCCCCCC/C=C\C/C=C\CCCCC. The summed E-state index contributed by atoms with van der Waals surface area (Å²) in [6.45, 7) is 6.73. The van der Waals surface area contributed by atoms with Crippen molar-refractivity contribution < 1.29 is 37.3 Å². The molecule has 88 heavy (non-hydrogen) atoms. The summed E-state index contributed by atoms with van der Waals surface area (Å²) in [5.41, 5.74) is 0. The van der Waals surface area contributed by atoms with Gasteiger partial charge in [0.2, 0.25) is 5.91 Å². The van der Waals surface area contributed by atoms with Gasteiger partial charge in [-0.2, -0.15) is 0 Å². The molecule has 0 aromatic heterocycles. The fourth-order valence-corrected chi connectivity index (χ4v) is 11.3. The zero-order valence-corrected chi connectivity index (χ0v) is 59.3. The molecule has 0 aliphatic heterocycles. The number of nitrogens with zero attached hydrogens (tertiary/aromatic N) is 1. The second-order valence-corrected chi connectivity index (χ2v) is 27.5. The summed E-state index contributed by atoms with van der Waals surface area (Å²) in [7, 11) is 1.18. The quantitative estimate of drug-likeness (QED) is 0.0212. The van der Waals surface area contributed by atoms with Gasteiger partial charge in [-0.3, -0.25) is 14.2 Å². The summed E-state index contributed by atoms with van der Waals surface area (Å²) < 4.78 is 30.5. The van der Waals surface area contributed by atoms with Crippen LogP contribution < -0.4 is 10.2 Å². The maximum absolute atomic E-state index is 13.6. The number of nitrogens with one attached hydrogen (secondary N) is 1. The van der Waals surface area contributed by atoms with E-state index in [1.54, 1.807) is 0 Å². The number of phosphoric acid groups is 1. The highest BCUT2D eigenvalue weighted by atomic mass is 31.2. The van der Waals surface area contributed by atoms with E-state index >= 15 is 0 Å². The van der Waals surface area contributed by atoms with Crippen LogP contribution in [0.15, 0.2) is 97.2 Å². The zero-order chi connectivity index (χ0) is 64.2. The molecular weight excluding hydrogens is 1110 g/mol. The Labute approximate surface area is 545 Å². The smallest absolute Gasteiger partial charge is 0.306 e. The number of hydrogen-bond acceptors (Lipinski definition) is 7. The molecule has 0 spiro atoms. The third-order valence-electron chi connectivity index (χ3n) is 16.2. The number of carbonyl (C=O) groups excluding carboxylic acids is 2. The van der Waals surface area contributed by atoms with Gasteiger partial charge in [0.25, 0.3) is 7.82 Å². The average molecular weight is 1250 g/mol. The van der Waals surface area contributed by atoms with Gasteiger partial charge in [-0.25, -0.2) is 0 Å². The molecular formula is C78H141N2O7P. The van der Waals surface area contributed by atoms with Gasteiger partial charge in [-0.15, -0.1) is 0 Å². The number of quaternary nitrogens is 1. The molecule has 1 N–H and O–H groups in total. The summed E-state index contributed by atoms with van der Waals surface area (Å²) in [4.78, 5) is 40.3. The van der Waals surface area contributed by atoms with Gasteiger partial charge < -0.3 is 28.5 Å². The molecule has 510 valence electrons. The number of likely N-dealkylation sites (N-methyl/N-ethyl adjacent to an activating group) is 1. The minimum Gasteiger partial charge on any atom is -0.756 e. The number of rotatable bonds is 67. The standard InChI is InChI=1S/C78H141N2O7P/c1-7-10-13-16-19-22-25-28-30-32-34-36-38-39-40-41-43-44-46-48-50-52-55-58-61-64-67-70-77(81)79-75(74-86-88(83,84)85-73-72-80(4,5)6)76(69-66-63-60-57-54-27-24-21-18-15-12-9-3)87-78(82)71-68-65-62-59-56-53-51-49-47-45-42-37-35-33-31-29-26-23-20-17-14-11-8-2/h10,13,19-20,22-23,28-31,34,36,39-40,66,69,75-76H,7-9,11-12,14-18,21,24-27,32-33,35,37-38,41-65,67-68,70-74H2,1-6H3,(H-,79,81,83,84)/b13-10-,22-19-,23-20-,30-28-,31-29-,36-34-,40-39-,69-66-. The second kappa shape index (κ2) is 66.8. The maximum Gasteiger partial charge on any atom is 0.306 e. The van der Waals surface area contributed by atoms with Crippen LogP contribution in [0.25, 0.3) is 0 Å². The highest BCUT2D eigenvalue weighted by molar-refractivity contribution is 7.45. The average Bonchev–Trinajstić information content (AvgIpc) is 3.66. The van der Waals surface area contributed by atoms with Crippen LogP contribution in [0.2, 0.25) is 0 Å². The van der Waals surface area contributed by atoms with Crippen molar-refractivity contribution in [2.24, 2.45) is 0 Å². The first-order chi connectivity index (χ1) is 42.9. The number of carbonyl (C=O) groups is 2. The van der Waals surface area contributed by atoms with Crippen molar-refractivity contribution >= 4 is 19.7 Å².